The van der Waals surface area contributed by atoms with Crippen LogP contribution in [0, 0.1) is 11.8 Å². The zero-order chi connectivity index (χ0) is 9.80. The first-order valence-corrected chi connectivity index (χ1v) is 5.40. The minimum absolute atomic E-state index is 0.0914. The maximum atomic E-state index is 6.13. The Balaban J connectivity index is 2.48. The van der Waals surface area contributed by atoms with Gasteiger partial charge in [0.15, 0.2) is 0 Å². The van der Waals surface area contributed by atoms with E-state index in [9.17, 15) is 0 Å². The van der Waals surface area contributed by atoms with Crippen molar-refractivity contribution in [3.63, 3.8) is 0 Å². The molecule has 0 N–H and O–H groups in total. The largest absolute Gasteiger partial charge is 0.367 e. The number of ether oxygens (including phenoxy) is 1. The summed E-state index contributed by atoms with van der Waals surface area (Å²) in [6.45, 7) is 11.3. The Hall–Kier alpha value is -0.300. The van der Waals surface area contributed by atoms with Crippen molar-refractivity contribution >= 4 is 0 Å². The van der Waals surface area contributed by atoms with Crippen molar-refractivity contribution in [1.29, 1.82) is 0 Å². The maximum absolute atomic E-state index is 6.13. The van der Waals surface area contributed by atoms with E-state index in [0.717, 1.165) is 6.42 Å². The van der Waals surface area contributed by atoms with Crippen LogP contribution >= 0.6 is 0 Å². The second-order valence-corrected chi connectivity index (χ2v) is 4.69. The van der Waals surface area contributed by atoms with Gasteiger partial charge in [-0.25, -0.2) is 0 Å². The van der Waals surface area contributed by atoms with Crippen LogP contribution in [0.2, 0.25) is 0 Å². The molecule has 0 amide bonds. The van der Waals surface area contributed by atoms with E-state index in [1.54, 1.807) is 5.57 Å². The molecule has 2 rings (SSSR count). The fraction of sp³-hybridized carbons (Fsp3) is 0.833. The fourth-order valence-electron chi connectivity index (χ4n) is 3.62. The number of hydrogen-bond acceptors (Lipinski definition) is 1. The molecule has 1 fully saturated rings. The normalized spacial score (nSPS) is 49.2. The molecule has 0 aromatic rings. The number of rotatable bonds is 1. The molecule has 0 aromatic carbocycles. The smallest absolute Gasteiger partial charge is 0.0924 e. The Morgan fingerprint density at radius 2 is 1.92 bits per heavy atom. The Morgan fingerprint density at radius 3 is 2.31 bits per heavy atom. The van der Waals surface area contributed by atoms with Gasteiger partial charge >= 0.3 is 0 Å². The van der Waals surface area contributed by atoms with Crippen LogP contribution in [0.4, 0.5) is 0 Å². The second-order valence-electron chi connectivity index (χ2n) is 4.69. The summed E-state index contributed by atoms with van der Waals surface area (Å²) in [6.07, 6.45) is 1.55. The molecule has 4 unspecified atom stereocenters. The van der Waals surface area contributed by atoms with Gasteiger partial charge in [-0.1, -0.05) is 19.4 Å². The predicted molar refractivity (Wildman–Crippen MR) is 54.6 cm³/mol. The first-order chi connectivity index (χ1) is 6.04. The van der Waals surface area contributed by atoms with Gasteiger partial charge in [0.25, 0.3) is 0 Å². The summed E-state index contributed by atoms with van der Waals surface area (Å²) in [4.78, 5) is 0. The Kier molecular flexibility index (Phi) is 1.85. The van der Waals surface area contributed by atoms with E-state index in [1.165, 1.54) is 5.57 Å². The summed E-state index contributed by atoms with van der Waals surface area (Å²) >= 11 is 0. The zero-order valence-electron chi connectivity index (χ0n) is 9.35. The van der Waals surface area contributed by atoms with Gasteiger partial charge in [-0.3, -0.25) is 0 Å². The van der Waals surface area contributed by atoms with Crippen LogP contribution in [0.15, 0.2) is 11.1 Å². The minimum Gasteiger partial charge on any atom is -0.367 e. The van der Waals surface area contributed by atoms with Crippen molar-refractivity contribution in [2.75, 3.05) is 0 Å². The summed E-state index contributed by atoms with van der Waals surface area (Å²) in [6, 6.07) is 0. The molecule has 0 saturated carbocycles. The lowest BCUT2D eigenvalue weighted by atomic mass is 9.83. The highest BCUT2D eigenvalue weighted by atomic mass is 16.5. The zero-order valence-corrected chi connectivity index (χ0v) is 9.35. The molecule has 2 aliphatic rings. The highest BCUT2D eigenvalue weighted by Crippen LogP contribution is 2.56. The molecule has 1 nitrogen and oxygen atoms in total. The van der Waals surface area contributed by atoms with E-state index in [0.29, 0.717) is 17.9 Å². The summed E-state index contributed by atoms with van der Waals surface area (Å²) in [7, 11) is 0. The first-order valence-electron chi connectivity index (χ1n) is 5.40. The Bertz CT molecular complexity index is 266. The van der Waals surface area contributed by atoms with Crippen molar-refractivity contribution < 1.29 is 4.74 Å². The molecular weight excluding hydrogens is 160 g/mol. The standard InChI is InChI=1S/C12H20O/c1-6-12-8(3)7(2)11(9(12)4)10(5)13-12/h9-11H,6H2,1-5H3. The van der Waals surface area contributed by atoms with E-state index in [-0.39, 0.29) is 5.60 Å². The molecule has 1 aliphatic heterocycles. The van der Waals surface area contributed by atoms with Gasteiger partial charge in [0, 0.05) is 5.92 Å². The molecule has 74 valence electrons. The van der Waals surface area contributed by atoms with Gasteiger partial charge < -0.3 is 4.74 Å². The van der Waals surface area contributed by atoms with Gasteiger partial charge in [0.05, 0.1) is 11.7 Å². The van der Waals surface area contributed by atoms with E-state index < -0.39 is 0 Å². The van der Waals surface area contributed by atoms with Crippen molar-refractivity contribution in [1.82, 2.24) is 0 Å². The molecule has 1 heterocycles. The summed E-state index contributed by atoms with van der Waals surface area (Å²) in [5, 5.41) is 0. The summed E-state index contributed by atoms with van der Waals surface area (Å²) in [5.41, 5.74) is 3.19. The molecule has 13 heavy (non-hydrogen) atoms. The average Bonchev–Trinajstić information content (AvgIpc) is 2.44. The predicted octanol–water partition coefficient (Wildman–Crippen LogP) is 3.16. The number of hydrogen-bond donors (Lipinski definition) is 0. The van der Waals surface area contributed by atoms with Crippen LogP contribution in [-0.4, -0.2) is 11.7 Å². The van der Waals surface area contributed by atoms with Crippen molar-refractivity contribution in [2.45, 2.75) is 52.7 Å². The Labute approximate surface area is 81.2 Å². The van der Waals surface area contributed by atoms with Gasteiger partial charge in [-0.15, -0.1) is 0 Å². The number of fused-ring (bicyclic) bond motifs is 2. The van der Waals surface area contributed by atoms with Crippen LogP contribution in [0.1, 0.15) is 41.0 Å². The highest BCUT2D eigenvalue weighted by Gasteiger charge is 2.56. The molecule has 0 aromatic heterocycles. The van der Waals surface area contributed by atoms with E-state index in [2.05, 4.69) is 34.6 Å². The van der Waals surface area contributed by atoms with Crippen molar-refractivity contribution in [3.05, 3.63) is 11.1 Å². The summed E-state index contributed by atoms with van der Waals surface area (Å²) in [5.74, 6) is 1.37. The second kappa shape index (κ2) is 2.60. The third kappa shape index (κ3) is 0.864. The van der Waals surface area contributed by atoms with Gasteiger partial charge in [-0.2, -0.15) is 0 Å². The molecular formula is C12H20O. The SMILES string of the molecule is CCC12OC(C)C(C(C)=C1C)C2C. The van der Waals surface area contributed by atoms with Crippen molar-refractivity contribution in [2.24, 2.45) is 11.8 Å². The quantitative estimate of drug-likeness (QED) is 0.563. The Morgan fingerprint density at radius 1 is 1.31 bits per heavy atom. The van der Waals surface area contributed by atoms with Crippen molar-refractivity contribution in [3.8, 4) is 0 Å². The van der Waals surface area contributed by atoms with Crippen LogP contribution in [0.25, 0.3) is 0 Å². The monoisotopic (exact) mass is 180 g/mol. The fourth-order valence-corrected chi connectivity index (χ4v) is 3.62. The highest BCUT2D eigenvalue weighted by molar-refractivity contribution is 5.36. The van der Waals surface area contributed by atoms with Crippen LogP contribution in [0.5, 0.6) is 0 Å². The maximum Gasteiger partial charge on any atom is 0.0924 e. The third-order valence-electron chi connectivity index (χ3n) is 4.43. The molecule has 4 atom stereocenters. The van der Waals surface area contributed by atoms with Crippen LogP contribution in [-0.2, 0) is 4.74 Å². The molecule has 1 saturated heterocycles. The first kappa shape index (κ1) is 9.26. The third-order valence-corrected chi connectivity index (χ3v) is 4.43. The lowest BCUT2D eigenvalue weighted by Gasteiger charge is -2.32. The minimum atomic E-state index is 0.0914. The van der Waals surface area contributed by atoms with Gasteiger partial charge in [0.1, 0.15) is 0 Å². The van der Waals surface area contributed by atoms with Crippen LogP contribution in [0.3, 0.4) is 0 Å². The molecule has 1 aliphatic carbocycles. The van der Waals surface area contributed by atoms with Gasteiger partial charge in [-0.05, 0) is 38.7 Å². The summed E-state index contributed by atoms with van der Waals surface area (Å²) < 4.78 is 6.13. The van der Waals surface area contributed by atoms with E-state index in [1.807, 2.05) is 0 Å². The average molecular weight is 180 g/mol. The molecule has 1 heteroatoms. The topological polar surface area (TPSA) is 9.23 Å². The molecule has 2 bridgehead atoms. The van der Waals surface area contributed by atoms with E-state index >= 15 is 0 Å². The lowest BCUT2D eigenvalue weighted by molar-refractivity contribution is -0.0313. The molecule has 0 spiro atoms. The van der Waals surface area contributed by atoms with Crippen LogP contribution < -0.4 is 0 Å². The van der Waals surface area contributed by atoms with E-state index in [4.69, 9.17) is 4.74 Å². The lowest BCUT2D eigenvalue weighted by Crippen LogP contribution is -2.34. The van der Waals surface area contributed by atoms with Gasteiger partial charge in [0.2, 0.25) is 0 Å². The molecule has 0 radical (unpaired) electrons.